The van der Waals surface area contributed by atoms with E-state index in [0.29, 0.717) is 0 Å². The highest BCUT2D eigenvalue weighted by Crippen LogP contribution is 2.30. The van der Waals surface area contributed by atoms with Crippen molar-refractivity contribution in [1.29, 1.82) is 0 Å². The summed E-state index contributed by atoms with van der Waals surface area (Å²) < 4.78 is 10.6. The first kappa shape index (κ1) is 7.00. The lowest BCUT2D eigenvalue weighted by Gasteiger charge is -2.26. The number of hydrogen-bond acceptors (Lipinski definition) is 3. The lowest BCUT2D eigenvalue weighted by atomic mass is 10.1. The van der Waals surface area contributed by atoms with Crippen LogP contribution in [0.1, 0.15) is 12.8 Å². The van der Waals surface area contributed by atoms with Gasteiger partial charge in [-0.15, -0.1) is 0 Å². The lowest BCUT2D eigenvalue weighted by molar-refractivity contribution is -0.182. The maximum Gasteiger partial charge on any atom is 0.188 e. The van der Waals surface area contributed by atoms with Crippen LogP contribution in [0, 0.1) is 0 Å². The third-order valence-electron chi connectivity index (χ3n) is 2.00. The summed E-state index contributed by atoms with van der Waals surface area (Å²) in [5.74, 6) is -0.528. The Kier molecular flexibility index (Phi) is 1.55. The Bertz CT molecular complexity index is 201. The van der Waals surface area contributed by atoms with E-state index in [4.69, 9.17) is 9.47 Å². The summed E-state index contributed by atoms with van der Waals surface area (Å²) in [6.45, 7) is 0.898. The second kappa shape index (κ2) is 2.43. The predicted octanol–water partition coefficient (Wildman–Crippen LogP) is 0.649. The fraction of sp³-hybridized carbons (Fsp3) is 0.625. The van der Waals surface area contributed by atoms with Gasteiger partial charge in [0.15, 0.2) is 11.6 Å². The van der Waals surface area contributed by atoms with E-state index >= 15 is 0 Å². The molecular weight excluding hydrogens is 144 g/mol. The van der Waals surface area contributed by atoms with E-state index in [0.717, 1.165) is 19.4 Å². The highest BCUT2D eigenvalue weighted by atomic mass is 16.7. The van der Waals surface area contributed by atoms with Crippen LogP contribution in [0.5, 0.6) is 0 Å². The molecule has 0 unspecified atom stereocenters. The summed E-state index contributed by atoms with van der Waals surface area (Å²) in [6, 6.07) is 0. The van der Waals surface area contributed by atoms with Crippen molar-refractivity contribution in [1.82, 2.24) is 0 Å². The first-order valence-corrected chi connectivity index (χ1v) is 3.81. The maximum absolute atomic E-state index is 10.7. The van der Waals surface area contributed by atoms with Crippen molar-refractivity contribution >= 4 is 5.78 Å². The fourth-order valence-electron chi connectivity index (χ4n) is 1.39. The molecule has 2 aliphatic heterocycles. The van der Waals surface area contributed by atoms with Crippen molar-refractivity contribution in [2.45, 2.75) is 18.6 Å². The first-order chi connectivity index (χ1) is 5.31. The molecule has 3 nitrogen and oxygen atoms in total. The summed E-state index contributed by atoms with van der Waals surface area (Å²) in [5.41, 5.74) is 0. The number of hydrogen-bond donors (Lipinski definition) is 0. The van der Waals surface area contributed by atoms with Gasteiger partial charge in [0.25, 0.3) is 0 Å². The van der Waals surface area contributed by atoms with E-state index in [1.807, 2.05) is 0 Å². The average molecular weight is 154 g/mol. The first-order valence-electron chi connectivity index (χ1n) is 3.81. The van der Waals surface area contributed by atoms with Gasteiger partial charge in [-0.3, -0.25) is 4.79 Å². The van der Waals surface area contributed by atoms with Crippen LogP contribution in [0.15, 0.2) is 12.2 Å². The standard InChI is InChI=1S/C8H10O3/c9-7-2-4-8(11-6-7)3-1-5-10-8/h2,4H,1,3,5-6H2/t8-/m1/s1. The van der Waals surface area contributed by atoms with Gasteiger partial charge in [-0.05, 0) is 18.6 Å². The lowest BCUT2D eigenvalue weighted by Crippen LogP contribution is -2.34. The molecule has 0 bridgehead atoms. The van der Waals surface area contributed by atoms with Crippen LogP contribution in [0.2, 0.25) is 0 Å². The van der Waals surface area contributed by atoms with E-state index in [9.17, 15) is 4.79 Å². The van der Waals surface area contributed by atoms with Gasteiger partial charge in [0.1, 0.15) is 6.61 Å². The number of rotatable bonds is 0. The summed E-state index contributed by atoms with van der Waals surface area (Å²) >= 11 is 0. The highest BCUT2D eigenvalue weighted by molar-refractivity contribution is 5.91. The Morgan fingerprint density at radius 3 is 2.91 bits per heavy atom. The smallest absolute Gasteiger partial charge is 0.188 e. The molecule has 3 heteroatoms. The zero-order valence-electron chi connectivity index (χ0n) is 6.21. The molecule has 11 heavy (non-hydrogen) atoms. The number of carbonyl (C=O) groups excluding carboxylic acids is 1. The molecule has 2 aliphatic rings. The normalized spacial score (nSPS) is 36.9. The largest absolute Gasteiger partial charge is 0.346 e. The molecule has 0 saturated carbocycles. The Labute approximate surface area is 65.0 Å². The quantitative estimate of drug-likeness (QED) is 0.514. The molecule has 60 valence electrons. The predicted molar refractivity (Wildman–Crippen MR) is 38.0 cm³/mol. The minimum Gasteiger partial charge on any atom is -0.346 e. The number of ether oxygens (including phenoxy) is 2. The third kappa shape index (κ3) is 1.21. The molecule has 1 atom stereocenters. The van der Waals surface area contributed by atoms with Crippen molar-refractivity contribution in [2.75, 3.05) is 13.2 Å². The summed E-state index contributed by atoms with van der Waals surface area (Å²) in [4.78, 5) is 10.7. The van der Waals surface area contributed by atoms with E-state index in [2.05, 4.69) is 0 Å². The minimum absolute atomic E-state index is 0.0196. The van der Waals surface area contributed by atoms with Crippen molar-refractivity contribution < 1.29 is 14.3 Å². The van der Waals surface area contributed by atoms with Crippen molar-refractivity contribution in [3.05, 3.63) is 12.2 Å². The molecule has 0 aliphatic carbocycles. The molecule has 0 amide bonds. The van der Waals surface area contributed by atoms with Crippen LogP contribution in [-0.4, -0.2) is 24.8 Å². The molecule has 1 spiro atoms. The number of carbonyl (C=O) groups is 1. The monoisotopic (exact) mass is 154 g/mol. The zero-order chi connectivity index (χ0) is 7.73. The van der Waals surface area contributed by atoms with Crippen LogP contribution in [-0.2, 0) is 14.3 Å². The van der Waals surface area contributed by atoms with Crippen molar-refractivity contribution in [2.24, 2.45) is 0 Å². The van der Waals surface area contributed by atoms with E-state index in [1.54, 1.807) is 12.2 Å². The van der Waals surface area contributed by atoms with Gasteiger partial charge in [-0.2, -0.15) is 0 Å². The Hall–Kier alpha value is -0.670. The second-order valence-corrected chi connectivity index (χ2v) is 2.85. The summed E-state index contributed by atoms with van der Waals surface area (Å²) in [5, 5.41) is 0. The molecule has 2 rings (SSSR count). The van der Waals surface area contributed by atoms with Crippen LogP contribution < -0.4 is 0 Å². The average Bonchev–Trinajstić information content (AvgIpc) is 2.45. The second-order valence-electron chi connectivity index (χ2n) is 2.85. The molecule has 0 aromatic heterocycles. The van der Waals surface area contributed by atoms with Gasteiger partial charge >= 0.3 is 0 Å². The maximum atomic E-state index is 10.7. The molecular formula is C8H10O3. The van der Waals surface area contributed by atoms with Crippen molar-refractivity contribution in [3.63, 3.8) is 0 Å². The van der Waals surface area contributed by atoms with E-state index in [-0.39, 0.29) is 12.4 Å². The molecule has 1 fully saturated rings. The molecule has 0 N–H and O–H groups in total. The van der Waals surface area contributed by atoms with Gasteiger partial charge in [0.05, 0.1) is 6.61 Å². The van der Waals surface area contributed by atoms with Gasteiger partial charge in [-0.25, -0.2) is 0 Å². The molecule has 1 saturated heterocycles. The van der Waals surface area contributed by atoms with E-state index in [1.165, 1.54) is 0 Å². The third-order valence-corrected chi connectivity index (χ3v) is 2.00. The van der Waals surface area contributed by atoms with E-state index < -0.39 is 5.79 Å². The van der Waals surface area contributed by atoms with Crippen LogP contribution in [0.3, 0.4) is 0 Å². The molecule has 2 heterocycles. The SMILES string of the molecule is O=C1C=C[C@@]2(CCCO2)OC1. The van der Waals surface area contributed by atoms with Gasteiger partial charge < -0.3 is 9.47 Å². The Balaban J connectivity index is 2.15. The topological polar surface area (TPSA) is 35.5 Å². The Morgan fingerprint density at radius 1 is 1.45 bits per heavy atom. The van der Waals surface area contributed by atoms with Crippen LogP contribution in [0.25, 0.3) is 0 Å². The Morgan fingerprint density at radius 2 is 2.36 bits per heavy atom. The molecule has 0 aromatic rings. The van der Waals surface area contributed by atoms with Gasteiger partial charge in [-0.1, -0.05) is 0 Å². The van der Waals surface area contributed by atoms with Crippen LogP contribution in [0.4, 0.5) is 0 Å². The van der Waals surface area contributed by atoms with Gasteiger partial charge in [0, 0.05) is 6.42 Å². The molecule has 0 radical (unpaired) electrons. The summed E-state index contributed by atoms with van der Waals surface area (Å²) in [7, 11) is 0. The highest BCUT2D eigenvalue weighted by Gasteiger charge is 2.36. The molecule has 0 aromatic carbocycles. The van der Waals surface area contributed by atoms with Gasteiger partial charge in [0.2, 0.25) is 0 Å². The minimum atomic E-state index is -0.548. The summed E-state index contributed by atoms with van der Waals surface area (Å²) in [6.07, 6.45) is 5.16. The van der Waals surface area contributed by atoms with Crippen LogP contribution >= 0.6 is 0 Å². The fourth-order valence-corrected chi connectivity index (χ4v) is 1.39. The number of ketones is 1. The van der Waals surface area contributed by atoms with Crippen molar-refractivity contribution in [3.8, 4) is 0 Å². The zero-order valence-corrected chi connectivity index (χ0v) is 6.21.